The lowest BCUT2D eigenvalue weighted by Gasteiger charge is -2.24. The fourth-order valence-electron chi connectivity index (χ4n) is 3.02. The summed E-state index contributed by atoms with van der Waals surface area (Å²) >= 11 is 0. The number of nitrogens with one attached hydrogen (secondary N) is 1. The standard InChI is InChI=1S/C19H24N4O2/c1-14(2)25-17-8-6-15(7-9-17)18(24)22-13-16-5-3-12-23(16)19-20-10-4-11-21-19/h4,6-11,14,16H,3,5,12-13H2,1-2H3,(H,22,24). The fourth-order valence-corrected chi connectivity index (χ4v) is 3.02. The second-order valence-electron chi connectivity index (χ2n) is 6.44. The summed E-state index contributed by atoms with van der Waals surface area (Å²) in [6, 6.07) is 9.28. The van der Waals surface area contributed by atoms with Crippen molar-refractivity contribution in [1.82, 2.24) is 15.3 Å². The molecular weight excluding hydrogens is 316 g/mol. The highest BCUT2D eigenvalue weighted by Gasteiger charge is 2.26. The van der Waals surface area contributed by atoms with Crippen LogP contribution < -0.4 is 15.0 Å². The van der Waals surface area contributed by atoms with E-state index < -0.39 is 0 Å². The van der Waals surface area contributed by atoms with E-state index in [-0.39, 0.29) is 18.1 Å². The molecule has 2 heterocycles. The van der Waals surface area contributed by atoms with Gasteiger partial charge in [-0.25, -0.2) is 9.97 Å². The molecule has 0 spiro atoms. The van der Waals surface area contributed by atoms with Gasteiger partial charge in [0.25, 0.3) is 5.91 Å². The molecule has 1 atom stereocenters. The van der Waals surface area contributed by atoms with Crippen LogP contribution in [-0.2, 0) is 0 Å². The van der Waals surface area contributed by atoms with Crippen LogP contribution in [0.15, 0.2) is 42.7 Å². The van der Waals surface area contributed by atoms with Gasteiger partial charge >= 0.3 is 0 Å². The first-order chi connectivity index (χ1) is 12.1. The molecule has 1 aromatic carbocycles. The monoisotopic (exact) mass is 340 g/mol. The van der Waals surface area contributed by atoms with E-state index in [0.29, 0.717) is 12.1 Å². The van der Waals surface area contributed by atoms with E-state index in [2.05, 4.69) is 20.2 Å². The lowest BCUT2D eigenvalue weighted by atomic mass is 10.2. The minimum Gasteiger partial charge on any atom is -0.491 e. The smallest absolute Gasteiger partial charge is 0.251 e. The van der Waals surface area contributed by atoms with Gasteiger partial charge in [0.1, 0.15) is 5.75 Å². The lowest BCUT2D eigenvalue weighted by Crippen LogP contribution is -2.41. The van der Waals surface area contributed by atoms with E-state index in [1.54, 1.807) is 24.5 Å². The molecule has 0 aliphatic carbocycles. The molecule has 25 heavy (non-hydrogen) atoms. The quantitative estimate of drug-likeness (QED) is 0.876. The number of amides is 1. The van der Waals surface area contributed by atoms with Crippen molar-refractivity contribution >= 4 is 11.9 Å². The molecule has 1 aliphatic rings. The molecule has 6 nitrogen and oxygen atoms in total. The third kappa shape index (κ3) is 4.47. The molecule has 1 fully saturated rings. The summed E-state index contributed by atoms with van der Waals surface area (Å²) in [6.07, 6.45) is 5.72. The Morgan fingerprint density at radius 1 is 1.28 bits per heavy atom. The van der Waals surface area contributed by atoms with Crippen molar-refractivity contribution in [3.8, 4) is 5.75 Å². The van der Waals surface area contributed by atoms with Gasteiger partial charge < -0.3 is 15.0 Å². The van der Waals surface area contributed by atoms with Crippen molar-refractivity contribution in [2.24, 2.45) is 0 Å². The van der Waals surface area contributed by atoms with E-state index in [9.17, 15) is 4.79 Å². The minimum atomic E-state index is -0.0723. The maximum absolute atomic E-state index is 12.4. The highest BCUT2D eigenvalue weighted by atomic mass is 16.5. The Kier molecular flexibility index (Phi) is 5.48. The molecule has 1 saturated heterocycles. The Morgan fingerprint density at radius 2 is 2.00 bits per heavy atom. The fraction of sp³-hybridized carbons (Fsp3) is 0.421. The molecule has 0 saturated carbocycles. The van der Waals surface area contributed by atoms with Crippen molar-refractivity contribution in [2.75, 3.05) is 18.0 Å². The van der Waals surface area contributed by atoms with Gasteiger partial charge in [-0.05, 0) is 57.0 Å². The molecular formula is C19H24N4O2. The zero-order valence-corrected chi connectivity index (χ0v) is 14.7. The van der Waals surface area contributed by atoms with E-state index in [0.717, 1.165) is 31.1 Å². The Morgan fingerprint density at radius 3 is 2.68 bits per heavy atom. The van der Waals surface area contributed by atoms with Gasteiger partial charge in [-0.3, -0.25) is 4.79 Å². The molecule has 1 unspecified atom stereocenters. The SMILES string of the molecule is CC(C)Oc1ccc(C(=O)NCC2CCCN2c2ncccn2)cc1. The van der Waals surface area contributed by atoms with Crippen LogP contribution in [0.2, 0.25) is 0 Å². The van der Waals surface area contributed by atoms with E-state index >= 15 is 0 Å². The maximum atomic E-state index is 12.4. The number of hydrogen-bond acceptors (Lipinski definition) is 5. The van der Waals surface area contributed by atoms with Crippen LogP contribution >= 0.6 is 0 Å². The molecule has 6 heteroatoms. The summed E-state index contributed by atoms with van der Waals surface area (Å²) in [5.74, 6) is 1.43. The Labute approximate surface area is 148 Å². The molecule has 1 amide bonds. The van der Waals surface area contributed by atoms with Gasteiger partial charge in [0, 0.05) is 37.1 Å². The number of carbonyl (C=O) groups is 1. The van der Waals surface area contributed by atoms with Crippen LogP contribution in [0.1, 0.15) is 37.0 Å². The zero-order valence-electron chi connectivity index (χ0n) is 14.7. The summed E-state index contributed by atoms with van der Waals surface area (Å²) < 4.78 is 5.60. The number of hydrogen-bond donors (Lipinski definition) is 1. The predicted octanol–water partition coefficient (Wildman–Crippen LogP) is 2.66. The lowest BCUT2D eigenvalue weighted by molar-refractivity contribution is 0.0951. The normalized spacial score (nSPS) is 16.9. The third-order valence-electron chi connectivity index (χ3n) is 4.17. The number of ether oxygens (including phenoxy) is 1. The topological polar surface area (TPSA) is 67.3 Å². The summed E-state index contributed by atoms with van der Waals surface area (Å²) in [7, 11) is 0. The average Bonchev–Trinajstić information content (AvgIpc) is 3.09. The van der Waals surface area contributed by atoms with Crippen LogP contribution in [0.25, 0.3) is 0 Å². The van der Waals surface area contributed by atoms with Gasteiger partial charge in [0.2, 0.25) is 5.95 Å². The second kappa shape index (κ2) is 7.96. The number of anilines is 1. The Balaban J connectivity index is 1.56. The summed E-state index contributed by atoms with van der Waals surface area (Å²) in [4.78, 5) is 23.2. The highest BCUT2D eigenvalue weighted by Crippen LogP contribution is 2.21. The van der Waals surface area contributed by atoms with Crippen molar-refractivity contribution < 1.29 is 9.53 Å². The Bertz CT molecular complexity index is 688. The first-order valence-corrected chi connectivity index (χ1v) is 8.72. The van der Waals surface area contributed by atoms with Crippen LogP contribution in [0.5, 0.6) is 5.75 Å². The van der Waals surface area contributed by atoms with Crippen LogP contribution in [0, 0.1) is 0 Å². The molecule has 3 rings (SSSR count). The second-order valence-corrected chi connectivity index (χ2v) is 6.44. The molecule has 0 radical (unpaired) electrons. The van der Waals surface area contributed by atoms with Crippen molar-refractivity contribution in [1.29, 1.82) is 0 Å². The molecule has 1 aliphatic heterocycles. The molecule has 1 aromatic heterocycles. The maximum Gasteiger partial charge on any atom is 0.251 e. The zero-order chi connectivity index (χ0) is 17.6. The first-order valence-electron chi connectivity index (χ1n) is 8.72. The van der Waals surface area contributed by atoms with E-state index in [1.807, 2.05) is 32.0 Å². The number of aromatic nitrogens is 2. The van der Waals surface area contributed by atoms with Crippen LogP contribution in [0.4, 0.5) is 5.95 Å². The predicted molar refractivity (Wildman–Crippen MR) is 96.9 cm³/mol. The summed E-state index contributed by atoms with van der Waals surface area (Å²) in [5.41, 5.74) is 0.636. The average molecular weight is 340 g/mol. The van der Waals surface area contributed by atoms with Gasteiger partial charge in [0.05, 0.1) is 6.10 Å². The van der Waals surface area contributed by atoms with Crippen LogP contribution in [-0.4, -0.2) is 41.1 Å². The van der Waals surface area contributed by atoms with E-state index in [1.165, 1.54) is 0 Å². The number of benzene rings is 1. The van der Waals surface area contributed by atoms with Gasteiger partial charge in [-0.15, -0.1) is 0 Å². The van der Waals surface area contributed by atoms with Crippen molar-refractivity contribution in [3.05, 3.63) is 48.3 Å². The van der Waals surface area contributed by atoms with Crippen molar-refractivity contribution in [3.63, 3.8) is 0 Å². The highest BCUT2D eigenvalue weighted by molar-refractivity contribution is 5.94. The van der Waals surface area contributed by atoms with Crippen molar-refractivity contribution in [2.45, 2.75) is 38.8 Å². The summed E-state index contributed by atoms with van der Waals surface area (Å²) in [6.45, 7) is 5.46. The number of rotatable bonds is 6. The van der Waals surface area contributed by atoms with E-state index in [4.69, 9.17) is 4.74 Å². The number of carbonyl (C=O) groups excluding carboxylic acids is 1. The molecule has 2 aromatic rings. The van der Waals surface area contributed by atoms with Gasteiger partial charge in [-0.1, -0.05) is 0 Å². The molecule has 1 N–H and O–H groups in total. The van der Waals surface area contributed by atoms with Gasteiger partial charge in [0.15, 0.2) is 0 Å². The third-order valence-corrected chi connectivity index (χ3v) is 4.17. The summed E-state index contributed by atoms with van der Waals surface area (Å²) in [5, 5.41) is 3.02. The minimum absolute atomic E-state index is 0.0723. The number of nitrogens with zero attached hydrogens (tertiary/aromatic N) is 3. The Hall–Kier alpha value is -2.63. The largest absolute Gasteiger partial charge is 0.491 e. The van der Waals surface area contributed by atoms with Gasteiger partial charge in [-0.2, -0.15) is 0 Å². The first kappa shape index (κ1) is 17.2. The van der Waals surface area contributed by atoms with Crippen LogP contribution in [0.3, 0.4) is 0 Å². The molecule has 132 valence electrons. The molecule has 0 bridgehead atoms.